The highest BCUT2D eigenvalue weighted by Gasteiger charge is 2.13. The van der Waals surface area contributed by atoms with E-state index in [1.165, 1.54) is 4.90 Å². The number of aryl methyl sites for hydroxylation is 1. The Kier molecular flexibility index (Phi) is 3.13. The van der Waals surface area contributed by atoms with Crippen molar-refractivity contribution in [3.8, 4) is 5.82 Å². The van der Waals surface area contributed by atoms with Gasteiger partial charge in [0.25, 0.3) is 5.91 Å². The number of amides is 1. The molecule has 0 saturated heterocycles. The van der Waals surface area contributed by atoms with Gasteiger partial charge in [-0.25, -0.2) is 4.98 Å². The fourth-order valence-corrected chi connectivity index (χ4v) is 2.22. The second kappa shape index (κ2) is 4.97. The molecule has 6 heteroatoms. The SMILES string of the molecule is Cc1nc2ccccc2n1-c1ccc(C(=O)N(C)C)nn1. The molecule has 0 atom stereocenters. The monoisotopic (exact) mass is 281 g/mol. The predicted octanol–water partition coefficient (Wildman–Crippen LogP) is 1.83. The zero-order valence-corrected chi connectivity index (χ0v) is 12.1. The number of carbonyl (C=O) groups excluding carboxylic acids is 1. The van der Waals surface area contributed by atoms with Gasteiger partial charge in [-0.15, -0.1) is 10.2 Å². The molecule has 21 heavy (non-hydrogen) atoms. The summed E-state index contributed by atoms with van der Waals surface area (Å²) in [6, 6.07) is 11.3. The molecule has 0 aliphatic carbocycles. The average molecular weight is 281 g/mol. The van der Waals surface area contributed by atoms with Crippen LogP contribution in [0.3, 0.4) is 0 Å². The van der Waals surface area contributed by atoms with Crippen molar-refractivity contribution < 1.29 is 4.79 Å². The summed E-state index contributed by atoms with van der Waals surface area (Å²) in [6.45, 7) is 1.92. The molecule has 0 unspecified atom stereocenters. The summed E-state index contributed by atoms with van der Waals surface area (Å²) >= 11 is 0. The van der Waals surface area contributed by atoms with Crippen molar-refractivity contribution in [2.75, 3.05) is 14.1 Å². The molecule has 0 aliphatic rings. The number of aromatic nitrogens is 4. The molecule has 0 aliphatic heterocycles. The number of para-hydroxylation sites is 2. The van der Waals surface area contributed by atoms with Gasteiger partial charge in [0.05, 0.1) is 11.0 Å². The summed E-state index contributed by atoms with van der Waals surface area (Å²) in [5.41, 5.74) is 2.20. The minimum Gasteiger partial charge on any atom is -0.343 e. The molecule has 1 amide bonds. The van der Waals surface area contributed by atoms with Crippen LogP contribution in [-0.2, 0) is 0 Å². The van der Waals surface area contributed by atoms with Gasteiger partial charge in [-0.2, -0.15) is 0 Å². The normalized spacial score (nSPS) is 10.8. The van der Waals surface area contributed by atoms with Crippen LogP contribution in [0, 0.1) is 6.92 Å². The number of rotatable bonds is 2. The number of nitrogens with zero attached hydrogens (tertiary/aromatic N) is 5. The summed E-state index contributed by atoms with van der Waals surface area (Å²) in [5, 5.41) is 8.17. The third kappa shape index (κ3) is 2.24. The van der Waals surface area contributed by atoms with Crippen LogP contribution in [0.4, 0.5) is 0 Å². The fourth-order valence-electron chi connectivity index (χ4n) is 2.22. The Balaban J connectivity index is 2.07. The van der Waals surface area contributed by atoms with Crippen molar-refractivity contribution in [2.45, 2.75) is 6.92 Å². The fraction of sp³-hybridized carbons (Fsp3) is 0.200. The molecule has 0 radical (unpaired) electrons. The Hall–Kier alpha value is -2.76. The summed E-state index contributed by atoms with van der Waals surface area (Å²) in [4.78, 5) is 17.8. The number of hydrogen-bond donors (Lipinski definition) is 0. The first-order valence-electron chi connectivity index (χ1n) is 6.58. The van der Waals surface area contributed by atoms with E-state index in [0.29, 0.717) is 11.5 Å². The molecule has 1 aromatic carbocycles. The molecule has 0 fully saturated rings. The Morgan fingerprint density at radius 2 is 1.86 bits per heavy atom. The Morgan fingerprint density at radius 3 is 2.52 bits per heavy atom. The van der Waals surface area contributed by atoms with Gasteiger partial charge in [0.1, 0.15) is 5.82 Å². The molecular weight excluding hydrogens is 266 g/mol. The smallest absolute Gasteiger partial charge is 0.273 e. The molecule has 106 valence electrons. The van der Waals surface area contributed by atoms with Crippen molar-refractivity contribution >= 4 is 16.9 Å². The molecular formula is C15H15N5O. The lowest BCUT2D eigenvalue weighted by molar-refractivity contribution is 0.0821. The van der Waals surface area contributed by atoms with Crippen molar-refractivity contribution in [1.82, 2.24) is 24.6 Å². The number of imidazole rings is 1. The molecule has 0 saturated carbocycles. The van der Waals surface area contributed by atoms with Crippen LogP contribution in [0.15, 0.2) is 36.4 Å². The number of hydrogen-bond acceptors (Lipinski definition) is 4. The minimum absolute atomic E-state index is 0.165. The topological polar surface area (TPSA) is 63.9 Å². The zero-order valence-electron chi connectivity index (χ0n) is 12.1. The summed E-state index contributed by atoms with van der Waals surface area (Å²) in [6.07, 6.45) is 0. The molecule has 2 heterocycles. The third-order valence-corrected chi connectivity index (χ3v) is 3.23. The van der Waals surface area contributed by atoms with Gasteiger partial charge in [-0.3, -0.25) is 9.36 Å². The van der Waals surface area contributed by atoms with E-state index >= 15 is 0 Å². The Labute approximate surface area is 122 Å². The van der Waals surface area contributed by atoms with Crippen LogP contribution < -0.4 is 0 Å². The number of fused-ring (bicyclic) bond motifs is 1. The maximum Gasteiger partial charge on any atom is 0.273 e. The van der Waals surface area contributed by atoms with E-state index in [1.807, 2.05) is 35.8 Å². The molecule has 3 rings (SSSR count). The van der Waals surface area contributed by atoms with Gasteiger partial charge in [0.15, 0.2) is 11.5 Å². The molecule has 0 N–H and O–H groups in total. The van der Waals surface area contributed by atoms with Gasteiger partial charge < -0.3 is 4.90 Å². The van der Waals surface area contributed by atoms with Crippen molar-refractivity contribution in [1.29, 1.82) is 0 Å². The van der Waals surface area contributed by atoms with Gasteiger partial charge in [0, 0.05) is 14.1 Å². The second-order valence-corrected chi connectivity index (χ2v) is 4.96. The largest absolute Gasteiger partial charge is 0.343 e. The van der Waals surface area contributed by atoms with Crippen molar-refractivity contribution in [2.24, 2.45) is 0 Å². The van der Waals surface area contributed by atoms with E-state index in [0.717, 1.165) is 16.9 Å². The number of carbonyl (C=O) groups is 1. The van der Waals surface area contributed by atoms with Crippen LogP contribution in [0.25, 0.3) is 16.9 Å². The Morgan fingerprint density at radius 1 is 1.10 bits per heavy atom. The molecule has 2 aromatic heterocycles. The molecule has 0 spiro atoms. The van der Waals surface area contributed by atoms with E-state index in [9.17, 15) is 4.79 Å². The molecule has 6 nitrogen and oxygen atoms in total. The van der Waals surface area contributed by atoms with Crippen LogP contribution in [-0.4, -0.2) is 44.7 Å². The van der Waals surface area contributed by atoms with Gasteiger partial charge in [-0.05, 0) is 31.2 Å². The van der Waals surface area contributed by atoms with Gasteiger partial charge >= 0.3 is 0 Å². The lowest BCUT2D eigenvalue weighted by atomic mass is 10.3. The first-order valence-corrected chi connectivity index (χ1v) is 6.58. The second-order valence-electron chi connectivity index (χ2n) is 4.96. The first kappa shape index (κ1) is 13.2. The van der Waals surface area contributed by atoms with E-state index in [2.05, 4.69) is 15.2 Å². The standard InChI is InChI=1S/C15H15N5O/c1-10-16-11-6-4-5-7-13(11)20(10)14-9-8-12(17-18-14)15(21)19(2)3/h4-9H,1-3H3. The third-order valence-electron chi connectivity index (χ3n) is 3.23. The first-order chi connectivity index (χ1) is 10.1. The highest BCUT2D eigenvalue weighted by atomic mass is 16.2. The quantitative estimate of drug-likeness (QED) is 0.719. The van der Waals surface area contributed by atoms with Gasteiger partial charge in [0.2, 0.25) is 0 Å². The minimum atomic E-state index is -0.165. The number of benzene rings is 1. The Bertz CT molecular complexity index is 805. The van der Waals surface area contributed by atoms with Crippen molar-refractivity contribution in [3.05, 3.63) is 47.9 Å². The lowest BCUT2D eigenvalue weighted by Crippen LogP contribution is -2.23. The summed E-state index contributed by atoms with van der Waals surface area (Å²) in [5.74, 6) is 1.31. The van der Waals surface area contributed by atoms with E-state index < -0.39 is 0 Å². The van der Waals surface area contributed by atoms with E-state index in [-0.39, 0.29) is 5.91 Å². The van der Waals surface area contributed by atoms with Crippen LogP contribution in [0.5, 0.6) is 0 Å². The lowest BCUT2D eigenvalue weighted by Gasteiger charge is -2.09. The predicted molar refractivity (Wildman–Crippen MR) is 79.4 cm³/mol. The van der Waals surface area contributed by atoms with E-state index in [4.69, 9.17) is 0 Å². The summed E-state index contributed by atoms with van der Waals surface area (Å²) in [7, 11) is 3.37. The molecule has 0 bridgehead atoms. The maximum atomic E-state index is 11.8. The van der Waals surface area contributed by atoms with E-state index in [1.54, 1.807) is 26.2 Å². The molecule has 3 aromatic rings. The highest BCUT2D eigenvalue weighted by molar-refractivity contribution is 5.91. The van der Waals surface area contributed by atoms with Gasteiger partial charge in [-0.1, -0.05) is 12.1 Å². The van der Waals surface area contributed by atoms with Crippen LogP contribution in [0.1, 0.15) is 16.3 Å². The maximum absolute atomic E-state index is 11.8. The highest BCUT2D eigenvalue weighted by Crippen LogP contribution is 2.19. The van der Waals surface area contributed by atoms with Crippen LogP contribution >= 0.6 is 0 Å². The van der Waals surface area contributed by atoms with Crippen LogP contribution in [0.2, 0.25) is 0 Å². The zero-order chi connectivity index (χ0) is 15.0. The van der Waals surface area contributed by atoms with Crippen molar-refractivity contribution in [3.63, 3.8) is 0 Å². The summed E-state index contributed by atoms with van der Waals surface area (Å²) < 4.78 is 1.92. The average Bonchev–Trinajstić information content (AvgIpc) is 2.82.